The van der Waals surface area contributed by atoms with Crippen LogP contribution >= 0.6 is 15.9 Å². The van der Waals surface area contributed by atoms with E-state index >= 15 is 0 Å². The molecule has 0 aliphatic carbocycles. The van der Waals surface area contributed by atoms with Gasteiger partial charge in [0, 0.05) is 10.2 Å². The lowest BCUT2D eigenvalue weighted by molar-refractivity contribution is -0.113. The monoisotopic (exact) mass is 440 g/mol. The van der Waals surface area contributed by atoms with E-state index in [1.165, 1.54) is 0 Å². The summed E-state index contributed by atoms with van der Waals surface area (Å²) < 4.78 is 7.89. The Morgan fingerprint density at radius 3 is 2.71 bits per heavy atom. The minimum atomic E-state index is -0.464. The number of halogens is 1. The van der Waals surface area contributed by atoms with Gasteiger partial charge >= 0.3 is 0 Å². The van der Waals surface area contributed by atoms with E-state index in [4.69, 9.17) is 4.74 Å². The molecule has 3 aromatic rings. The average Bonchev–Trinajstić information content (AvgIpc) is 3.16. The number of methoxy groups -OCH3 is 1. The highest BCUT2D eigenvalue weighted by Crippen LogP contribution is 2.36. The van der Waals surface area contributed by atoms with Gasteiger partial charge in [-0.2, -0.15) is 4.68 Å². The Morgan fingerprint density at radius 2 is 1.96 bits per heavy atom. The molecule has 9 heteroatoms. The van der Waals surface area contributed by atoms with Crippen molar-refractivity contribution in [1.29, 1.82) is 0 Å². The molecule has 0 saturated carbocycles. The number of carbonyl (C=O) groups is 1. The Kier molecular flexibility index (Phi) is 4.82. The Balaban J connectivity index is 1.76. The minimum Gasteiger partial charge on any atom is -0.495 e. The predicted molar refractivity (Wildman–Crippen MR) is 108 cm³/mol. The Bertz CT molecular complexity index is 1060. The molecule has 28 heavy (non-hydrogen) atoms. The molecule has 2 heterocycles. The van der Waals surface area contributed by atoms with E-state index in [2.05, 4.69) is 42.1 Å². The van der Waals surface area contributed by atoms with Gasteiger partial charge in [-0.05, 0) is 47.2 Å². The third-order valence-electron chi connectivity index (χ3n) is 4.50. The molecule has 1 aromatic heterocycles. The van der Waals surface area contributed by atoms with Crippen LogP contribution < -0.4 is 15.4 Å². The van der Waals surface area contributed by atoms with Gasteiger partial charge in [-0.25, -0.2) is 0 Å². The first kappa shape index (κ1) is 18.2. The number of para-hydroxylation sites is 2. The fourth-order valence-electron chi connectivity index (χ4n) is 3.20. The van der Waals surface area contributed by atoms with Gasteiger partial charge in [0.2, 0.25) is 5.95 Å². The molecule has 1 aliphatic heterocycles. The van der Waals surface area contributed by atoms with Crippen molar-refractivity contribution in [3.63, 3.8) is 0 Å². The summed E-state index contributed by atoms with van der Waals surface area (Å²) >= 11 is 3.45. The average molecular weight is 441 g/mol. The zero-order valence-electron chi connectivity index (χ0n) is 15.2. The number of ether oxygens (including phenoxy) is 1. The maximum Gasteiger partial charge on any atom is 0.255 e. The number of hydrogen-bond acceptors (Lipinski definition) is 6. The Hall–Kier alpha value is -3.20. The molecule has 1 unspecified atom stereocenters. The van der Waals surface area contributed by atoms with Crippen LogP contribution in [0.25, 0.3) is 0 Å². The molecule has 0 spiro atoms. The molecular formula is C19H17BrN6O2. The Labute approximate surface area is 169 Å². The summed E-state index contributed by atoms with van der Waals surface area (Å²) in [4.78, 5) is 13.3. The number of anilines is 2. The number of allylic oxidation sites excluding steroid dienone is 1. The summed E-state index contributed by atoms with van der Waals surface area (Å²) in [6, 6.07) is 14.5. The van der Waals surface area contributed by atoms with Gasteiger partial charge in [-0.15, -0.1) is 0 Å². The van der Waals surface area contributed by atoms with Crippen molar-refractivity contribution in [3.05, 3.63) is 69.8 Å². The van der Waals surface area contributed by atoms with Gasteiger partial charge in [0.15, 0.2) is 0 Å². The van der Waals surface area contributed by atoms with Crippen molar-refractivity contribution >= 4 is 33.5 Å². The molecule has 2 N–H and O–H groups in total. The molecule has 0 radical (unpaired) electrons. The molecule has 1 atom stereocenters. The molecule has 4 rings (SSSR count). The summed E-state index contributed by atoms with van der Waals surface area (Å²) in [5.41, 5.74) is 2.69. The van der Waals surface area contributed by atoms with E-state index in [-0.39, 0.29) is 5.91 Å². The van der Waals surface area contributed by atoms with Crippen LogP contribution in [0.1, 0.15) is 18.5 Å². The SMILES string of the molecule is COc1ccccc1NC(=O)C1=C(C)Nc2nnnn2C1c1ccc(Br)cc1. The predicted octanol–water partition coefficient (Wildman–Crippen LogP) is 3.37. The lowest BCUT2D eigenvalue weighted by Gasteiger charge is -2.28. The maximum absolute atomic E-state index is 13.3. The van der Waals surface area contributed by atoms with Gasteiger partial charge in [-0.3, -0.25) is 4.79 Å². The van der Waals surface area contributed by atoms with E-state index in [1.54, 1.807) is 23.9 Å². The molecule has 142 valence electrons. The van der Waals surface area contributed by atoms with E-state index in [1.807, 2.05) is 43.3 Å². The lowest BCUT2D eigenvalue weighted by atomic mass is 9.95. The first-order valence-electron chi connectivity index (χ1n) is 8.54. The Morgan fingerprint density at radius 1 is 1.21 bits per heavy atom. The van der Waals surface area contributed by atoms with Crippen molar-refractivity contribution in [3.8, 4) is 5.75 Å². The van der Waals surface area contributed by atoms with Gasteiger partial charge < -0.3 is 15.4 Å². The van der Waals surface area contributed by atoms with Crippen LogP contribution in [0.5, 0.6) is 5.75 Å². The summed E-state index contributed by atoms with van der Waals surface area (Å²) in [7, 11) is 1.57. The number of aromatic nitrogens is 4. The number of carbonyl (C=O) groups excluding carboxylic acids is 1. The van der Waals surface area contributed by atoms with E-state index in [9.17, 15) is 4.79 Å². The second kappa shape index (κ2) is 7.43. The van der Waals surface area contributed by atoms with Crippen LogP contribution in [0.15, 0.2) is 64.3 Å². The van der Waals surface area contributed by atoms with Crippen molar-refractivity contribution in [1.82, 2.24) is 20.2 Å². The van der Waals surface area contributed by atoms with Gasteiger partial charge in [0.1, 0.15) is 11.8 Å². The van der Waals surface area contributed by atoms with Crippen molar-refractivity contribution in [2.24, 2.45) is 0 Å². The third kappa shape index (κ3) is 3.24. The number of nitrogens with zero attached hydrogens (tertiary/aromatic N) is 4. The quantitative estimate of drug-likeness (QED) is 0.645. The maximum atomic E-state index is 13.3. The summed E-state index contributed by atoms with van der Waals surface area (Å²) in [6.45, 7) is 1.83. The minimum absolute atomic E-state index is 0.261. The van der Waals surface area contributed by atoms with E-state index < -0.39 is 6.04 Å². The standard InChI is InChI=1S/C19H17BrN6O2/c1-11-16(18(27)22-14-5-3-4-6-15(14)28-2)17(12-7-9-13(20)10-8-12)26-19(21-11)23-24-25-26/h3-10,17H,1-2H3,(H,22,27)(H,21,23,25). The second-order valence-electron chi connectivity index (χ2n) is 6.22. The van der Waals surface area contributed by atoms with Crippen molar-refractivity contribution in [2.75, 3.05) is 17.7 Å². The lowest BCUT2D eigenvalue weighted by Crippen LogP contribution is -2.31. The fraction of sp³-hybridized carbons (Fsp3) is 0.158. The first-order chi connectivity index (χ1) is 13.6. The molecule has 1 aliphatic rings. The first-order valence-corrected chi connectivity index (χ1v) is 9.33. The van der Waals surface area contributed by atoms with Crippen LogP contribution in [0.2, 0.25) is 0 Å². The number of tetrazole rings is 1. The highest BCUT2D eigenvalue weighted by molar-refractivity contribution is 9.10. The third-order valence-corrected chi connectivity index (χ3v) is 5.03. The number of benzene rings is 2. The van der Waals surface area contributed by atoms with Crippen molar-refractivity contribution in [2.45, 2.75) is 13.0 Å². The summed E-state index contributed by atoms with van der Waals surface area (Å²) in [5.74, 6) is 0.809. The molecular weight excluding hydrogens is 424 g/mol. The molecule has 1 amide bonds. The topological polar surface area (TPSA) is 94.0 Å². The zero-order valence-corrected chi connectivity index (χ0v) is 16.8. The van der Waals surface area contributed by atoms with Gasteiger partial charge in [0.05, 0.1) is 18.4 Å². The van der Waals surface area contributed by atoms with Gasteiger partial charge in [0.25, 0.3) is 5.91 Å². The molecule has 8 nitrogen and oxygen atoms in total. The van der Waals surface area contributed by atoms with Gasteiger partial charge in [-0.1, -0.05) is 45.3 Å². The normalized spacial score (nSPS) is 15.6. The number of fused-ring (bicyclic) bond motifs is 1. The fourth-order valence-corrected chi connectivity index (χ4v) is 3.46. The summed E-state index contributed by atoms with van der Waals surface area (Å²) in [5, 5.41) is 17.9. The summed E-state index contributed by atoms with van der Waals surface area (Å²) in [6.07, 6.45) is 0. The molecule has 0 bridgehead atoms. The number of hydrogen-bond donors (Lipinski definition) is 2. The van der Waals surface area contributed by atoms with Crippen LogP contribution in [0.3, 0.4) is 0 Å². The number of nitrogens with one attached hydrogen (secondary N) is 2. The largest absolute Gasteiger partial charge is 0.495 e. The van der Waals surface area contributed by atoms with Crippen LogP contribution in [0, 0.1) is 0 Å². The van der Waals surface area contributed by atoms with E-state index in [0.717, 1.165) is 10.0 Å². The highest BCUT2D eigenvalue weighted by atomic mass is 79.9. The van der Waals surface area contributed by atoms with Crippen LogP contribution in [-0.4, -0.2) is 33.2 Å². The zero-order chi connectivity index (χ0) is 19.7. The smallest absolute Gasteiger partial charge is 0.255 e. The molecule has 0 saturated heterocycles. The number of amides is 1. The molecule has 0 fully saturated rings. The second-order valence-corrected chi connectivity index (χ2v) is 7.13. The van der Waals surface area contributed by atoms with Crippen LogP contribution in [-0.2, 0) is 4.79 Å². The number of rotatable bonds is 4. The van der Waals surface area contributed by atoms with Crippen molar-refractivity contribution < 1.29 is 9.53 Å². The van der Waals surface area contributed by atoms with E-state index in [0.29, 0.717) is 28.7 Å². The molecule has 2 aromatic carbocycles. The van der Waals surface area contributed by atoms with Crippen LogP contribution in [0.4, 0.5) is 11.6 Å². The highest BCUT2D eigenvalue weighted by Gasteiger charge is 2.34.